The molecule has 0 aliphatic carbocycles. The maximum atomic E-state index is 12.1. The smallest absolute Gasteiger partial charge is 0.226 e. The maximum absolute atomic E-state index is 12.1. The third kappa shape index (κ3) is 3.86. The average Bonchev–Trinajstić information content (AvgIpc) is 3.15. The molecule has 0 atom stereocenters. The van der Waals surface area contributed by atoms with E-state index in [0.717, 1.165) is 28.3 Å². The molecule has 3 aromatic rings. The number of thiazole rings is 1. The first-order valence-electron chi connectivity index (χ1n) is 8.47. The number of anilines is 1. The molecular weight excluding hydrogens is 348 g/mol. The van der Waals surface area contributed by atoms with Crippen molar-refractivity contribution in [1.82, 2.24) is 4.98 Å². The number of amides is 1. The minimum absolute atomic E-state index is 0.0306. The lowest BCUT2D eigenvalue weighted by Gasteiger charge is -2.18. The third-order valence-corrected chi connectivity index (χ3v) is 4.83. The first-order valence-corrected chi connectivity index (χ1v) is 9.35. The van der Waals surface area contributed by atoms with Crippen LogP contribution in [0.15, 0.2) is 53.9 Å². The molecule has 26 heavy (non-hydrogen) atoms. The highest BCUT2D eigenvalue weighted by Gasteiger charge is 2.14. The molecule has 1 aliphatic rings. The van der Waals surface area contributed by atoms with Crippen LogP contribution in [-0.2, 0) is 11.2 Å². The Morgan fingerprint density at radius 1 is 1.08 bits per heavy atom. The Bertz CT molecular complexity index is 908. The van der Waals surface area contributed by atoms with Gasteiger partial charge in [0.25, 0.3) is 0 Å². The minimum atomic E-state index is -0.0306. The van der Waals surface area contributed by atoms with Crippen molar-refractivity contribution in [2.75, 3.05) is 18.5 Å². The van der Waals surface area contributed by atoms with Crippen molar-refractivity contribution < 1.29 is 14.3 Å². The average molecular weight is 366 g/mol. The minimum Gasteiger partial charge on any atom is -0.486 e. The predicted octanol–water partition coefficient (Wildman–Crippen LogP) is 4.15. The Morgan fingerprint density at radius 3 is 2.73 bits per heavy atom. The van der Waals surface area contributed by atoms with E-state index >= 15 is 0 Å². The van der Waals surface area contributed by atoms with E-state index < -0.39 is 0 Å². The number of rotatable bonds is 5. The van der Waals surface area contributed by atoms with Crippen LogP contribution in [0.25, 0.3) is 11.3 Å². The van der Waals surface area contributed by atoms with E-state index in [1.165, 1.54) is 11.3 Å². The lowest BCUT2D eigenvalue weighted by atomic mass is 10.1. The number of fused-ring (bicyclic) bond motifs is 1. The number of benzene rings is 2. The van der Waals surface area contributed by atoms with Crippen molar-refractivity contribution in [2.24, 2.45) is 0 Å². The van der Waals surface area contributed by atoms with Crippen molar-refractivity contribution in [3.63, 3.8) is 0 Å². The van der Waals surface area contributed by atoms with Crippen LogP contribution in [0.3, 0.4) is 0 Å². The van der Waals surface area contributed by atoms with Crippen molar-refractivity contribution in [3.8, 4) is 22.8 Å². The van der Waals surface area contributed by atoms with Crippen molar-refractivity contribution >= 4 is 22.4 Å². The largest absolute Gasteiger partial charge is 0.486 e. The van der Waals surface area contributed by atoms with E-state index in [9.17, 15) is 4.79 Å². The number of ether oxygens (including phenoxy) is 2. The summed E-state index contributed by atoms with van der Waals surface area (Å²) >= 11 is 1.42. The molecule has 2 aromatic carbocycles. The van der Waals surface area contributed by atoms with Gasteiger partial charge in [-0.05, 0) is 30.2 Å². The molecule has 1 N–H and O–H groups in total. The first-order chi connectivity index (χ1) is 12.8. The molecule has 4 rings (SSSR count). The predicted molar refractivity (Wildman–Crippen MR) is 102 cm³/mol. The van der Waals surface area contributed by atoms with Crippen LogP contribution in [0.5, 0.6) is 11.5 Å². The highest BCUT2D eigenvalue weighted by atomic mass is 32.1. The zero-order valence-corrected chi connectivity index (χ0v) is 14.9. The lowest BCUT2D eigenvalue weighted by molar-refractivity contribution is -0.116. The molecule has 0 radical (unpaired) electrons. The fourth-order valence-corrected chi connectivity index (χ4v) is 3.49. The van der Waals surface area contributed by atoms with E-state index in [4.69, 9.17) is 9.47 Å². The number of aromatic nitrogens is 1. The second-order valence-electron chi connectivity index (χ2n) is 5.93. The molecule has 5 nitrogen and oxygen atoms in total. The van der Waals surface area contributed by atoms with Gasteiger partial charge < -0.3 is 14.8 Å². The van der Waals surface area contributed by atoms with Crippen LogP contribution in [0.2, 0.25) is 0 Å². The number of nitrogens with one attached hydrogen (secondary N) is 1. The van der Waals surface area contributed by atoms with Gasteiger partial charge >= 0.3 is 0 Å². The van der Waals surface area contributed by atoms with Gasteiger partial charge in [0.15, 0.2) is 16.6 Å². The highest BCUT2D eigenvalue weighted by molar-refractivity contribution is 7.14. The Kier molecular flexibility index (Phi) is 4.84. The number of hydrogen-bond acceptors (Lipinski definition) is 5. The van der Waals surface area contributed by atoms with Crippen molar-refractivity contribution in [1.29, 1.82) is 0 Å². The van der Waals surface area contributed by atoms with E-state index in [2.05, 4.69) is 10.3 Å². The zero-order chi connectivity index (χ0) is 17.8. The lowest BCUT2D eigenvalue weighted by Crippen LogP contribution is -2.15. The Balaban J connectivity index is 1.39. The van der Waals surface area contributed by atoms with Crippen LogP contribution < -0.4 is 14.8 Å². The van der Waals surface area contributed by atoms with Gasteiger partial charge in [0.2, 0.25) is 5.91 Å². The van der Waals surface area contributed by atoms with Gasteiger partial charge in [0.05, 0.1) is 5.69 Å². The summed E-state index contributed by atoms with van der Waals surface area (Å²) < 4.78 is 11.1. The first kappa shape index (κ1) is 16.6. The third-order valence-electron chi connectivity index (χ3n) is 4.07. The summed E-state index contributed by atoms with van der Waals surface area (Å²) in [6.07, 6.45) is 1.15. The Labute approximate surface area is 155 Å². The van der Waals surface area contributed by atoms with Gasteiger partial charge in [-0.1, -0.05) is 30.3 Å². The summed E-state index contributed by atoms with van der Waals surface area (Å²) in [6.45, 7) is 1.12. The molecule has 1 aromatic heterocycles. The number of carbonyl (C=O) groups excluding carboxylic acids is 1. The van der Waals surface area contributed by atoms with Gasteiger partial charge in [-0.3, -0.25) is 4.79 Å². The molecule has 0 bridgehead atoms. The van der Waals surface area contributed by atoms with Gasteiger partial charge in [0, 0.05) is 17.4 Å². The second-order valence-corrected chi connectivity index (χ2v) is 6.79. The molecular formula is C20H18N2O3S. The summed E-state index contributed by atoms with van der Waals surface area (Å²) in [5, 5.41) is 5.41. The van der Waals surface area contributed by atoms with Gasteiger partial charge in [-0.2, -0.15) is 0 Å². The Hall–Kier alpha value is -2.86. The fourth-order valence-electron chi connectivity index (χ4n) is 2.75. The summed E-state index contributed by atoms with van der Waals surface area (Å²) in [7, 11) is 0. The van der Waals surface area contributed by atoms with Crippen molar-refractivity contribution in [3.05, 3.63) is 59.5 Å². The normalized spacial score (nSPS) is 12.6. The molecule has 1 aliphatic heterocycles. The van der Waals surface area contributed by atoms with E-state index in [0.29, 0.717) is 31.2 Å². The number of carbonyl (C=O) groups is 1. The molecule has 1 amide bonds. The number of nitrogens with zero attached hydrogens (tertiary/aromatic N) is 1. The molecule has 0 saturated heterocycles. The van der Waals surface area contributed by atoms with E-state index in [-0.39, 0.29) is 5.91 Å². The van der Waals surface area contributed by atoms with Crippen LogP contribution in [0, 0.1) is 0 Å². The molecule has 2 heterocycles. The zero-order valence-electron chi connectivity index (χ0n) is 14.1. The molecule has 0 unspecified atom stereocenters. The molecule has 0 saturated carbocycles. The van der Waals surface area contributed by atoms with Crippen molar-refractivity contribution in [2.45, 2.75) is 12.8 Å². The highest BCUT2D eigenvalue weighted by Crippen LogP contribution is 2.35. The van der Waals surface area contributed by atoms with Crippen LogP contribution in [0.1, 0.15) is 12.0 Å². The monoisotopic (exact) mass is 366 g/mol. The molecule has 0 spiro atoms. The van der Waals surface area contributed by atoms with E-state index in [1.807, 2.05) is 53.9 Å². The molecule has 132 valence electrons. The SMILES string of the molecule is O=C(CCc1ccccc1)Nc1nc(-c2ccc3c(c2)OCCO3)cs1. The summed E-state index contributed by atoms with van der Waals surface area (Å²) in [4.78, 5) is 16.7. The van der Waals surface area contributed by atoms with Crippen LogP contribution >= 0.6 is 11.3 Å². The van der Waals surface area contributed by atoms with Gasteiger partial charge in [-0.25, -0.2) is 4.98 Å². The van der Waals surface area contributed by atoms with Crippen LogP contribution in [0.4, 0.5) is 5.13 Å². The molecule has 0 fully saturated rings. The summed E-state index contributed by atoms with van der Waals surface area (Å²) in [6, 6.07) is 15.7. The maximum Gasteiger partial charge on any atom is 0.226 e. The quantitative estimate of drug-likeness (QED) is 0.737. The number of aryl methyl sites for hydroxylation is 1. The van der Waals surface area contributed by atoms with Crippen LogP contribution in [-0.4, -0.2) is 24.1 Å². The number of hydrogen-bond donors (Lipinski definition) is 1. The summed E-state index contributed by atoms with van der Waals surface area (Å²) in [5.41, 5.74) is 2.90. The fraction of sp³-hybridized carbons (Fsp3) is 0.200. The Morgan fingerprint density at radius 2 is 1.88 bits per heavy atom. The van der Waals surface area contributed by atoms with Gasteiger partial charge in [-0.15, -0.1) is 11.3 Å². The second kappa shape index (κ2) is 7.58. The van der Waals surface area contributed by atoms with Gasteiger partial charge in [0.1, 0.15) is 13.2 Å². The standard InChI is InChI=1S/C20H18N2O3S/c23-19(9-6-14-4-2-1-3-5-14)22-20-21-16(13-26-20)15-7-8-17-18(12-15)25-11-10-24-17/h1-5,7-8,12-13H,6,9-11H2,(H,21,22,23). The molecule has 6 heteroatoms. The van der Waals surface area contributed by atoms with E-state index in [1.54, 1.807) is 0 Å². The summed E-state index contributed by atoms with van der Waals surface area (Å²) in [5.74, 6) is 1.46. The topological polar surface area (TPSA) is 60.5 Å².